The molecule has 2 aliphatic rings. The van der Waals surface area contributed by atoms with Crippen LogP contribution in [0.25, 0.3) is 11.3 Å². The summed E-state index contributed by atoms with van der Waals surface area (Å²) >= 11 is 5.34. The third-order valence-corrected chi connectivity index (χ3v) is 6.68. The minimum absolute atomic E-state index is 0.194. The summed E-state index contributed by atoms with van der Waals surface area (Å²) in [4.78, 5) is 0. The van der Waals surface area contributed by atoms with Crippen molar-refractivity contribution in [3.05, 3.63) is 101 Å². The highest BCUT2D eigenvalue weighted by molar-refractivity contribution is 7.80. The summed E-state index contributed by atoms with van der Waals surface area (Å²) in [7, 11) is 1.80. The van der Waals surface area contributed by atoms with E-state index in [-0.39, 0.29) is 23.4 Å². The molecular formula is C29H26F3N5O2S. The van der Waals surface area contributed by atoms with Crippen molar-refractivity contribution in [3.63, 3.8) is 0 Å². The van der Waals surface area contributed by atoms with Gasteiger partial charge in [-0.2, -0.15) is 10.2 Å². The smallest absolute Gasteiger partial charge is 0.492 e. The fourth-order valence-electron chi connectivity index (χ4n) is 4.76. The number of ether oxygens (including phenoxy) is 2. The Morgan fingerprint density at radius 3 is 2.67 bits per heavy atom. The Hall–Kier alpha value is -4.25. The Kier molecular flexibility index (Phi) is 7.57. The number of halogens is 3. The fraction of sp³-hybridized carbons (Fsp3) is 0.241. The van der Waals surface area contributed by atoms with Crippen molar-refractivity contribution in [2.24, 2.45) is 17.3 Å². The number of azo groups is 1. The molecule has 11 heteroatoms. The molecular weight excluding hydrogens is 539 g/mol. The van der Waals surface area contributed by atoms with Crippen LogP contribution in [0.3, 0.4) is 0 Å². The van der Waals surface area contributed by atoms with Gasteiger partial charge >= 0.3 is 6.36 Å². The molecule has 0 spiro atoms. The molecule has 2 aromatic carbocycles. The summed E-state index contributed by atoms with van der Waals surface area (Å²) in [5.74, 6) is 0.585. The molecule has 0 saturated carbocycles. The average Bonchev–Trinajstić information content (AvgIpc) is 3.24. The Labute approximate surface area is 234 Å². The summed E-state index contributed by atoms with van der Waals surface area (Å²) < 4.78 is 49.3. The number of fused-ring (bicyclic) bond motifs is 3. The highest BCUT2D eigenvalue weighted by Gasteiger charge is 2.33. The molecule has 7 nitrogen and oxygen atoms in total. The summed E-state index contributed by atoms with van der Waals surface area (Å²) in [6.45, 7) is 4.50. The van der Waals surface area contributed by atoms with Crippen LogP contribution in [-0.4, -0.2) is 21.3 Å². The number of alkyl halides is 3. The Balaban J connectivity index is 1.29. The number of nitrogens with zero attached hydrogens (tertiary/aromatic N) is 4. The predicted octanol–water partition coefficient (Wildman–Crippen LogP) is 7.91. The molecule has 0 amide bonds. The number of anilines is 1. The SMILES string of the molecule is CC(C)c1ccccc1NC(=S)N=N/C=C1\C=CC2C(=C1)OCc1c2nn(C)c1-c1ccc(OC(F)(F)F)cc1. The van der Waals surface area contributed by atoms with Gasteiger partial charge in [0.2, 0.25) is 5.11 Å². The standard InChI is InChI=1S/C29H26F3N5O2S/c1-17(2)21-6-4-5-7-24(21)34-28(40)35-33-15-18-8-13-22-25(14-18)38-16-23-26(22)36-37(3)27(23)19-9-11-20(12-10-19)39-29(30,31)32/h4-15,17,22H,16H2,1-3H3,(H,34,40)/b18-15+,35-33?. The number of hydrogen-bond donors (Lipinski definition) is 1. The van der Waals surface area contributed by atoms with E-state index in [1.807, 2.05) is 42.5 Å². The predicted molar refractivity (Wildman–Crippen MR) is 150 cm³/mol. The van der Waals surface area contributed by atoms with Crippen molar-refractivity contribution in [1.29, 1.82) is 0 Å². The fourth-order valence-corrected chi connectivity index (χ4v) is 4.91. The van der Waals surface area contributed by atoms with Crippen LogP contribution in [0.5, 0.6) is 5.75 Å². The highest BCUT2D eigenvalue weighted by atomic mass is 32.1. The zero-order chi connectivity index (χ0) is 28.4. The van der Waals surface area contributed by atoms with Crippen LogP contribution >= 0.6 is 12.2 Å². The zero-order valence-electron chi connectivity index (χ0n) is 21.9. The first-order valence-electron chi connectivity index (χ1n) is 12.5. The largest absolute Gasteiger partial charge is 0.573 e. The quantitative estimate of drug-likeness (QED) is 0.251. The summed E-state index contributed by atoms with van der Waals surface area (Å²) in [5, 5.41) is 16.4. The Morgan fingerprint density at radius 1 is 1.20 bits per heavy atom. The molecule has 1 aromatic heterocycles. The average molecular weight is 566 g/mol. The number of aryl methyl sites for hydroxylation is 1. The first-order valence-corrected chi connectivity index (χ1v) is 13.0. The maximum absolute atomic E-state index is 12.5. The minimum atomic E-state index is -4.74. The van der Waals surface area contributed by atoms with Crippen molar-refractivity contribution >= 4 is 23.0 Å². The summed E-state index contributed by atoms with van der Waals surface area (Å²) in [6, 6.07) is 13.7. The van der Waals surface area contributed by atoms with Crippen molar-refractivity contribution in [2.75, 3.05) is 5.32 Å². The van der Waals surface area contributed by atoms with Gasteiger partial charge in [-0.3, -0.25) is 4.68 Å². The van der Waals surface area contributed by atoms with E-state index >= 15 is 0 Å². The molecule has 1 aliphatic carbocycles. The lowest BCUT2D eigenvalue weighted by Gasteiger charge is -2.26. The molecule has 1 N–H and O–H groups in total. The lowest BCUT2D eigenvalue weighted by Crippen LogP contribution is -2.17. The maximum Gasteiger partial charge on any atom is 0.573 e. The van der Waals surface area contributed by atoms with E-state index in [9.17, 15) is 13.2 Å². The van der Waals surface area contributed by atoms with Crippen molar-refractivity contribution in [3.8, 4) is 17.0 Å². The molecule has 2 heterocycles. The van der Waals surface area contributed by atoms with E-state index < -0.39 is 6.36 Å². The number of allylic oxidation sites excluding steroid dienone is 4. The van der Waals surface area contributed by atoms with Crippen LogP contribution in [0, 0.1) is 0 Å². The molecule has 0 bridgehead atoms. The second kappa shape index (κ2) is 11.1. The van der Waals surface area contributed by atoms with Crippen molar-refractivity contribution < 1.29 is 22.6 Å². The number of nitrogens with one attached hydrogen (secondary N) is 1. The lowest BCUT2D eigenvalue weighted by molar-refractivity contribution is -0.274. The van der Waals surface area contributed by atoms with Gasteiger partial charge in [-0.25, -0.2) is 0 Å². The Bertz CT molecular complexity index is 1550. The van der Waals surface area contributed by atoms with E-state index in [0.717, 1.165) is 39.5 Å². The monoisotopic (exact) mass is 565 g/mol. The lowest BCUT2D eigenvalue weighted by atomic mass is 9.90. The topological polar surface area (TPSA) is 73.0 Å². The Morgan fingerprint density at radius 2 is 1.95 bits per heavy atom. The first kappa shape index (κ1) is 27.3. The van der Waals surface area contributed by atoms with Gasteiger partial charge in [-0.1, -0.05) is 44.2 Å². The summed E-state index contributed by atoms with van der Waals surface area (Å²) in [5.41, 5.74) is 6.03. The molecule has 1 unspecified atom stereocenters. The molecule has 5 rings (SSSR count). The number of para-hydroxylation sites is 1. The zero-order valence-corrected chi connectivity index (χ0v) is 22.8. The van der Waals surface area contributed by atoms with Gasteiger partial charge in [0.05, 0.1) is 23.5 Å². The first-order chi connectivity index (χ1) is 19.1. The second-order valence-electron chi connectivity index (χ2n) is 9.60. The number of thiocarbonyl (C=S) groups is 1. The molecule has 1 atom stereocenters. The molecule has 40 heavy (non-hydrogen) atoms. The molecule has 0 saturated heterocycles. The minimum Gasteiger partial charge on any atom is -0.492 e. The van der Waals surface area contributed by atoms with Gasteiger partial charge in [0.25, 0.3) is 0 Å². The molecule has 0 radical (unpaired) electrons. The van der Waals surface area contributed by atoms with Gasteiger partial charge in [0.15, 0.2) is 0 Å². The van der Waals surface area contributed by atoms with E-state index in [4.69, 9.17) is 22.1 Å². The van der Waals surface area contributed by atoms with Crippen LogP contribution in [0.2, 0.25) is 0 Å². The highest BCUT2D eigenvalue weighted by Crippen LogP contribution is 2.41. The van der Waals surface area contributed by atoms with Gasteiger partial charge < -0.3 is 14.8 Å². The molecule has 1 aliphatic heterocycles. The van der Waals surface area contributed by atoms with Gasteiger partial charge in [-0.15, -0.1) is 18.3 Å². The van der Waals surface area contributed by atoms with Crippen LogP contribution in [-0.2, 0) is 18.4 Å². The summed E-state index contributed by atoms with van der Waals surface area (Å²) in [6.07, 6.45) is 2.63. The third-order valence-electron chi connectivity index (χ3n) is 6.49. The number of benzene rings is 2. The number of hydrogen-bond acceptors (Lipinski definition) is 5. The maximum atomic E-state index is 12.5. The van der Waals surface area contributed by atoms with E-state index in [2.05, 4.69) is 34.1 Å². The van der Waals surface area contributed by atoms with E-state index in [0.29, 0.717) is 11.5 Å². The van der Waals surface area contributed by atoms with E-state index in [1.54, 1.807) is 30.1 Å². The molecule has 206 valence electrons. The third kappa shape index (κ3) is 5.99. The number of aromatic nitrogens is 2. The van der Waals surface area contributed by atoms with Crippen molar-refractivity contribution in [1.82, 2.24) is 9.78 Å². The van der Waals surface area contributed by atoms with Gasteiger partial charge in [0.1, 0.15) is 18.1 Å². The van der Waals surface area contributed by atoms with Gasteiger partial charge in [0, 0.05) is 23.9 Å². The molecule has 3 aromatic rings. The van der Waals surface area contributed by atoms with Crippen LogP contribution in [0.1, 0.15) is 42.5 Å². The van der Waals surface area contributed by atoms with E-state index in [1.165, 1.54) is 12.1 Å². The number of rotatable bonds is 5. The van der Waals surface area contributed by atoms with Crippen LogP contribution < -0.4 is 10.1 Å². The van der Waals surface area contributed by atoms with Crippen molar-refractivity contribution in [2.45, 2.75) is 38.7 Å². The van der Waals surface area contributed by atoms with Gasteiger partial charge in [-0.05, 0) is 65.7 Å². The normalized spacial score (nSPS) is 17.4. The molecule has 0 fully saturated rings. The van der Waals surface area contributed by atoms with Crippen LogP contribution in [0.15, 0.2) is 94.5 Å². The van der Waals surface area contributed by atoms with Crippen LogP contribution in [0.4, 0.5) is 18.9 Å². The second-order valence-corrected chi connectivity index (χ2v) is 9.98.